The molecule has 0 radical (unpaired) electrons. The first-order chi connectivity index (χ1) is 9.08. The highest BCUT2D eigenvalue weighted by Crippen LogP contribution is 2.17. The van der Waals surface area contributed by atoms with Crippen LogP contribution in [0.3, 0.4) is 0 Å². The van der Waals surface area contributed by atoms with E-state index in [1.165, 1.54) is 6.07 Å². The number of Topliss-reactive ketones (excluding diaryl/α,β-unsaturated/α-hetero) is 1. The van der Waals surface area contributed by atoms with Crippen LogP contribution in [-0.4, -0.2) is 43.4 Å². The number of ketones is 1. The van der Waals surface area contributed by atoms with Crippen molar-refractivity contribution in [3.63, 3.8) is 0 Å². The minimum atomic E-state index is -0.393. The number of aryl methyl sites for hydroxylation is 2. The van der Waals surface area contributed by atoms with E-state index in [1.807, 2.05) is 13.0 Å². The van der Waals surface area contributed by atoms with Gasteiger partial charge in [-0.05, 0) is 50.6 Å². The monoisotopic (exact) mass is 264 g/mol. The van der Waals surface area contributed by atoms with Gasteiger partial charge in [-0.1, -0.05) is 6.07 Å². The average molecular weight is 264 g/mol. The second-order valence-corrected chi connectivity index (χ2v) is 5.24. The number of benzene rings is 1. The third-order valence-electron chi connectivity index (χ3n) is 3.51. The van der Waals surface area contributed by atoms with Crippen LogP contribution in [0.1, 0.15) is 27.9 Å². The highest BCUT2D eigenvalue weighted by Gasteiger charge is 2.19. The zero-order valence-electron chi connectivity index (χ0n) is 11.6. The first-order valence-corrected chi connectivity index (χ1v) is 6.81. The van der Waals surface area contributed by atoms with Gasteiger partial charge in [0.1, 0.15) is 5.82 Å². The van der Waals surface area contributed by atoms with Gasteiger partial charge in [-0.2, -0.15) is 0 Å². The molecule has 1 N–H and O–H groups in total. The first-order valence-electron chi connectivity index (χ1n) is 6.81. The molecule has 0 unspecified atom stereocenters. The van der Waals surface area contributed by atoms with E-state index in [2.05, 4.69) is 10.2 Å². The maximum Gasteiger partial charge on any atom is 0.180 e. The molecule has 1 saturated heterocycles. The lowest BCUT2D eigenvalue weighted by Gasteiger charge is -2.19. The van der Waals surface area contributed by atoms with Crippen molar-refractivity contribution in [2.45, 2.75) is 20.3 Å². The molecule has 1 aliphatic heterocycles. The Hall–Kier alpha value is -1.26. The van der Waals surface area contributed by atoms with Crippen LogP contribution < -0.4 is 5.32 Å². The summed E-state index contributed by atoms with van der Waals surface area (Å²) >= 11 is 0. The van der Waals surface area contributed by atoms with E-state index in [0.29, 0.717) is 6.54 Å². The van der Waals surface area contributed by atoms with Crippen molar-refractivity contribution in [1.29, 1.82) is 0 Å². The Morgan fingerprint density at radius 2 is 2.11 bits per heavy atom. The number of nitrogens with zero attached hydrogens (tertiary/aromatic N) is 1. The van der Waals surface area contributed by atoms with Gasteiger partial charge in [0.25, 0.3) is 0 Å². The van der Waals surface area contributed by atoms with E-state index in [-0.39, 0.29) is 11.3 Å². The van der Waals surface area contributed by atoms with Crippen LogP contribution in [0.15, 0.2) is 12.1 Å². The third-order valence-corrected chi connectivity index (χ3v) is 3.51. The minimum Gasteiger partial charge on any atom is -0.315 e. The Bertz CT molecular complexity index is 442. The van der Waals surface area contributed by atoms with E-state index in [0.717, 1.165) is 43.7 Å². The number of rotatable bonds is 3. The van der Waals surface area contributed by atoms with Crippen molar-refractivity contribution in [3.8, 4) is 0 Å². The van der Waals surface area contributed by atoms with Crippen molar-refractivity contribution in [1.82, 2.24) is 10.2 Å². The summed E-state index contributed by atoms with van der Waals surface area (Å²) in [6.45, 7) is 7.56. The SMILES string of the molecule is Cc1cc(C)c(C(=O)CN2CCCNCC2)c(F)c1. The normalized spacial score (nSPS) is 17.2. The Balaban J connectivity index is 2.11. The molecule has 1 aliphatic rings. The first kappa shape index (κ1) is 14.2. The Morgan fingerprint density at radius 1 is 1.32 bits per heavy atom. The van der Waals surface area contributed by atoms with E-state index in [1.54, 1.807) is 6.92 Å². The number of carbonyl (C=O) groups excluding carboxylic acids is 1. The van der Waals surface area contributed by atoms with Gasteiger partial charge in [0.2, 0.25) is 0 Å². The number of halogens is 1. The fourth-order valence-corrected chi connectivity index (χ4v) is 2.61. The lowest BCUT2D eigenvalue weighted by molar-refractivity contribution is 0.0930. The Kier molecular flexibility index (Phi) is 4.66. The van der Waals surface area contributed by atoms with Crippen LogP contribution in [0.2, 0.25) is 0 Å². The second-order valence-electron chi connectivity index (χ2n) is 5.24. The molecule has 0 atom stereocenters. The van der Waals surface area contributed by atoms with Crippen molar-refractivity contribution >= 4 is 5.78 Å². The quantitative estimate of drug-likeness (QED) is 0.847. The molecular weight excluding hydrogens is 243 g/mol. The van der Waals surface area contributed by atoms with Gasteiger partial charge in [0.15, 0.2) is 5.78 Å². The van der Waals surface area contributed by atoms with Crippen molar-refractivity contribution in [2.24, 2.45) is 0 Å². The summed E-state index contributed by atoms with van der Waals surface area (Å²) in [5, 5.41) is 3.29. The third kappa shape index (κ3) is 3.61. The van der Waals surface area contributed by atoms with Crippen LogP contribution in [0.4, 0.5) is 4.39 Å². The number of nitrogens with one attached hydrogen (secondary N) is 1. The Morgan fingerprint density at radius 3 is 2.84 bits per heavy atom. The van der Waals surface area contributed by atoms with Gasteiger partial charge in [-0.25, -0.2) is 4.39 Å². The summed E-state index contributed by atoms with van der Waals surface area (Å²) in [7, 11) is 0. The summed E-state index contributed by atoms with van der Waals surface area (Å²) in [6, 6.07) is 3.30. The van der Waals surface area contributed by atoms with E-state index < -0.39 is 5.82 Å². The van der Waals surface area contributed by atoms with Crippen LogP contribution >= 0.6 is 0 Å². The molecule has 104 valence electrons. The molecule has 1 heterocycles. The number of hydrogen-bond acceptors (Lipinski definition) is 3. The lowest BCUT2D eigenvalue weighted by atomic mass is 10.0. The molecule has 1 fully saturated rings. The molecule has 0 bridgehead atoms. The summed E-state index contributed by atoms with van der Waals surface area (Å²) in [5.74, 6) is -0.507. The maximum atomic E-state index is 13.9. The van der Waals surface area contributed by atoms with Gasteiger partial charge in [-0.3, -0.25) is 9.69 Å². The molecule has 0 spiro atoms. The van der Waals surface area contributed by atoms with E-state index in [9.17, 15) is 9.18 Å². The Labute approximate surface area is 113 Å². The van der Waals surface area contributed by atoms with Gasteiger partial charge in [0.05, 0.1) is 12.1 Å². The molecule has 19 heavy (non-hydrogen) atoms. The second kappa shape index (κ2) is 6.26. The van der Waals surface area contributed by atoms with E-state index in [4.69, 9.17) is 0 Å². The molecular formula is C15H21FN2O. The van der Waals surface area contributed by atoms with Crippen molar-refractivity contribution in [3.05, 3.63) is 34.6 Å². The number of hydrogen-bond donors (Lipinski definition) is 1. The van der Waals surface area contributed by atoms with Crippen LogP contribution in [0, 0.1) is 19.7 Å². The highest BCUT2D eigenvalue weighted by molar-refractivity contribution is 5.99. The molecule has 1 aromatic carbocycles. The van der Waals surface area contributed by atoms with Gasteiger partial charge in [0, 0.05) is 13.1 Å². The summed E-state index contributed by atoms with van der Waals surface area (Å²) in [4.78, 5) is 14.4. The highest BCUT2D eigenvalue weighted by atomic mass is 19.1. The smallest absolute Gasteiger partial charge is 0.180 e. The predicted octanol–water partition coefficient (Wildman–Crippen LogP) is 1.92. The molecule has 0 saturated carbocycles. The predicted molar refractivity (Wildman–Crippen MR) is 74.1 cm³/mol. The largest absolute Gasteiger partial charge is 0.315 e. The van der Waals surface area contributed by atoms with Crippen LogP contribution in [-0.2, 0) is 0 Å². The fraction of sp³-hybridized carbons (Fsp3) is 0.533. The van der Waals surface area contributed by atoms with Crippen molar-refractivity contribution in [2.75, 3.05) is 32.7 Å². The maximum absolute atomic E-state index is 13.9. The summed E-state index contributed by atoms with van der Waals surface area (Å²) < 4.78 is 13.9. The zero-order valence-corrected chi connectivity index (χ0v) is 11.6. The molecule has 0 aromatic heterocycles. The number of carbonyl (C=O) groups is 1. The summed E-state index contributed by atoms with van der Waals surface area (Å²) in [5.41, 5.74) is 1.84. The summed E-state index contributed by atoms with van der Waals surface area (Å²) in [6.07, 6.45) is 1.03. The van der Waals surface area contributed by atoms with Crippen LogP contribution in [0.5, 0.6) is 0 Å². The molecule has 0 amide bonds. The molecule has 3 nitrogen and oxygen atoms in total. The van der Waals surface area contributed by atoms with Crippen molar-refractivity contribution < 1.29 is 9.18 Å². The standard InChI is InChI=1S/C15H21FN2O/c1-11-8-12(2)15(13(16)9-11)14(19)10-18-6-3-4-17-5-7-18/h8-9,17H,3-7,10H2,1-2H3. The zero-order chi connectivity index (χ0) is 13.8. The van der Waals surface area contributed by atoms with Gasteiger partial charge in [-0.15, -0.1) is 0 Å². The fourth-order valence-electron chi connectivity index (χ4n) is 2.61. The average Bonchev–Trinajstić information content (AvgIpc) is 2.56. The minimum absolute atomic E-state index is 0.114. The molecule has 0 aliphatic carbocycles. The van der Waals surface area contributed by atoms with E-state index >= 15 is 0 Å². The van der Waals surface area contributed by atoms with Crippen LogP contribution in [0.25, 0.3) is 0 Å². The van der Waals surface area contributed by atoms with Gasteiger partial charge < -0.3 is 5.32 Å². The molecule has 2 rings (SSSR count). The lowest BCUT2D eigenvalue weighted by Crippen LogP contribution is -2.33. The van der Waals surface area contributed by atoms with Gasteiger partial charge >= 0.3 is 0 Å². The molecule has 4 heteroatoms. The topological polar surface area (TPSA) is 32.3 Å². The molecule has 1 aromatic rings.